The minimum absolute atomic E-state index is 0.604. The Kier molecular flexibility index (Phi) is 1.79. The molecule has 1 aliphatic rings. The van der Waals surface area contributed by atoms with Crippen LogP contribution < -0.4 is 16.6 Å². The lowest BCUT2D eigenvalue weighted by atomic mass is 10.5. The topological polar surface area (TPSA) is 70.4 Å². The Morgan fingerprint density at radius 3 is 2.90 bits per heavy atom. The molecular formula is C5H8N4O. The maximum atomic E-state index is 10.2. The molecule has 5 nitrogen and oxygen atoms in total. The Morgan fingerprint density at radius 1 is 1.60 bits per heavy atom. The molecule has 0 unspecified atom stereocenters. The molecule has 4 N–H and O–H groups in total. The van der Waals surface area contributed by atoms with Crippen molar-refractivity contribution in [3.8, 4) is 0 Å². The second kappa shape index (κ2) is 2.77. The number of allylic oxidation sites excluding steroid dienone is 2. The normalized spacial score (nSPS) is 14.6. The van der Waals surface area contributed by atoms with Crippen molar-refractivity contribution in [2.75, 3.05) is 0 Å². The summed E-state index contributed by atoms with van der Waals surface area (Å²) >= 11 is 0. The van der Waals surface area contributed by atoms with Crippen LogP contribution in [0.5, 0.6) is 0 Å². The Bertz CT molecular complexity index is 186. The molecule has 5 heteroatoms. The molecule has 10 heavy (non-hydrogen) atoms. The van der Waals surface area contributed by atoms with Gasteiger partial charge in [-0.2, -0.15) is 0 Å². The molecule has 1 aliphatic heterocycles. The molecule has 2 amide bonds. The first-order valence-electron chi connectivity index (χ1n) is 2.74. The predicted molar refractivity (Wildman–Crippen MR) is 36.0 cm³/mol. The van der Waals surface area contributed by atoms with Gasteiger partial charge in [-0.05, 0) is 12.2 Å². The van der Waals surface area contributed by atoms with Crippen molar-refractivity contribution in [2.45, 2.75) is 0 Å². The first kappa shape index (κ1) is 6.47. The highest BCUT2D eigenvalue weighted by Gasteiger charge is 1.98. The first-order chi connectivity index (χ1) is 4.79. The van der Waals surface area contributed by atoms with E-state index in [0.717, 1.165) is 0 Å². The SMILES string of the molecule is NC(=O)NN1C=CC=CN1. The molecule has 0 radical (unpaired) electrons. The molecule has 0 aromatic heterocycles. The van der Waals surface area contributed by atoms with Gasteiger partial charge < -0.3 is 5.73 Å². The molecule has 0 fully saturated rings. The Labute approximate surface area is 58.1 Å². The van der Waals surface area contributed by atoms with Gasteiger partial charge in [0.2, 0.25) is 0 Å². The molecule has 0 aliphatic carbocycles. The second-order valence-electron chi connectivity index (χ2n) is 1.68. The highest BCUT2D eigenvalue weighted by atomic mass is 16.2. The van der Waals surface area contributed by atoms with E-state index in [1.165, 1.54) is 5.12 Å². The van der Waals surface area contributed by atoms with E-state index >= 15 is 0 Å². The number of nitrogens with two attached hydrogens (primary N) is 1. The van der Waals surface area contributed by atoms with Crippen LogP contribution in [0.15, 0.2) is 24.6 Å². The van der Waals surface area contributed by atoms with Gasteiger partial charge >= 0.3 is 6.03 Å². The summed E-state index contributed by atoms with van der Waals surface area (Å²) in [4.78, 5) is 10.2. The van der Waals surface area contributed by atoms with Gasteiger partial charge in [0.1, 0.15) is 0 Å². The van der Waals surface area contributed by atoms with E-state index in [2.05, 4.69) is 10.9 Å². The van der Waals surface area contributed by atoms with Crippen molar-refractivity contribution in [1.82, 2.24) is 16.0 Å². The third-order valence-electron chi connectivity index (χ3n) is 0.887. The van der Waals surface area contributed by atoms with Gasteiger partial charge in [0.05, 0.1) is 0 Å². The van der Waals surface area contributed by atoms with Gasteiger partial charge in [-0.25, -0.2) is 15.3 Å². The van der Waals surface area contributed by atoms with Crippen molar-refractivity contribution in [3.63, 3.8) is 0 Å². The van der Waals surface area contributed by atoms with E-state index in [9.17, 15) is 4.79 Å². The van der Waals surface area contributed by atoms with E-state index in [1.54, 1.807) is 24.6 Å². The van der Waals surface area contributed by atoms with E-state index in [0.29, 0.717) is 0 Å². The zero-order chi connectivity index (χ0) is 7.40. The van der Waals surface area contributed by atoms with Crippen LogP contribution in [0.2, 0.25) is 0 Å². The third-order valence-corrected chi connectivity index (χ3v) is 0.887. The molecule has 0 atom stereocenters. The molecule has 1 rings (SSSR count). The van der Waals surface area contributed by atoms with E-state index < -0.39 is 6.03 Å². The molecule has 0 bridgehead atoms. The Balaban J connectivity index is 2.37. The maximum Gasteiger partial charge on any atom is 0.332 e. The van der Waals surface area contributed by atoms with Gasteiger partial charge in [0.15, 0.2) is 0 Å². The Morgan fingerprint density at radius 2 is 2.40 bits per heavy atom. The average Bonchev–Trinajstić information content (AvgIpc) is 1.88. The quantitative estimate of drug-likeness (QED) is 0.456. The number of nitrogens with one attached hydrogen (secondary N) is 2. The monoisotopic (exact) mass is 140 g/mol. The zero-order valence-electron chi connectivity index (χ0n) is 5.24. The van der Waals surface area contributed by atoms with Crippen molar-refractivity contribution in [1.29, 1.82) is 0 Å². The van der Waals surface area contributed by atoms with Crippen LogP contribution in [0, 0.1) is 0 Å². The van der Waals surface area contributed by atoms with Crippen LogP contribution in [0.4, 0.5) is 4.79 Å². The summed E-state index contributed by atoms with van der Waals surface area (Å²) in [6.07, 6.45) is 6.84. The summed E-state index contributed by atoms with van der Waals surface area (Å²) in [5, 5.41) is 1.35. The van der Waals surface area contributed by atoms with Crippen LogP contribution in [0.1, 0.15) is 0 Å². The lowest BCUT2D eigenvalue weighted by molar-refractivity contribution is 0.198. The number of urea groups is 1. The molecule has 0 saturated carbocycles. The van der Waals surface area contributed by atoms with Crippen molar-refractivity contribution >= 4 is 6.03 Å². The number of hydrogen-bond donors (Lipinski definition) is 3. The fourth-order valence-electron chi connectivity index (χ4n) is 0.546. The lowest BCUT2D eigenvalue weighted by Gasteiger charge is -2.20. The minimum atomic E-state index is -0.604. The van der Waals surface area contributed by atoms with E-state index in [4.69, 9.17) is 5.73 Å². The van der Waals surface area contributed by atoms with Crippen LogP contribution in [0.25, 0.3) is 0 Å². The molecule has 0 saturated heterocycles. The highest BCUT2D eigenvalue weighted by Crippen LogP contribution is 1.86. The standard InChI is InChI=1S/C5H8N4O/c6-5(10)8-9-4-2-1-3-7-9/h1-4,7H,(H3,6,8,10). The first-order valence-corrected chi connectivity index (χ1v) is 2.74. The molecule has 1 heterocycles. The zero-order valence-corrected chi connectivity index (χ0v) is 5.24. The van der Waals surface area contributed by atoms with Crippen molar-refractivity contribution < 1.29 is 4.79 Å². The molecule has 0 aromatic rings. The molecule has 54 valence electrons. The largest absolute Gasteiger partial charge is 0.350 e. The fourth-order valence-corrected chi connectivity index (χ4v) is 0.546. The van der Waals surface area contributed by atoms with Gasteiger partial charge in [-0.3, -0.25) is 5.43 Å². The smallest absolute Gasteiger partial charge is 0.332 e. The fraction of sp³-hybridized carbons (Fsp3) is 0. The number of nitrogens with zero attached hydrogens (tertiary/aromatic N) is 1. The number of rotatable bonds is 1. The van der Waals surface area contributed by atoms with Gasteiger partial charge in [0.25, 0.3) is 0 Å². The van der Waals surface area contributed by atoms with Crippen LogP contribution in [0.3, 0.4) is 0 Å². The molecule has 0 spiro atoms. The summed E-state index contributed by atoms with van der Waals surface area (Å²) in [5.41, 5.74) is 9.84. The number of amides is 2. The average molecular weight is 140 g/mol. The van der Waals surface area contributed by atoms with E-state index in [1.807, 2.05) is 0 Å². The lowest BCUT2D eigenvalue weighted by Crippen LogP contribution is -2.47. The predicted octanol–water partition coefficient (Wildman–Crippen LogP) is -0.583. The summed E-state index contributed by atoms with van der Waals surface area (Å²) in [5.74, 6) is 0. The number of carbonyl (C=O) groups is 1. The summed E-state index contributed by atoms with van der Waals surface area (Å²) in [6.45, 7) is 0. The minimum Gasteiger partial charge on any atom is -0.350 e. The van der Waals surface area contributed by atoms with Crippen molar-refractivity contribution in [2.24, 2.45) is 5.73 Å². The van der Waals surface area contributed by atoms with Gasteiger partial charge in [-0.15, -0.1) is 0 Å². The van der Waals surface area contributed by atoms with Crippen LogP contribution in [-0.2, 0) is 0 Å². The number of primary amides is 1. The molecular weight excluding hydrogens is 132 g/mol. The summed E-state index contributed by atoms with van der Waals surface area (Å²) < 4.78 is 0. The summed E-state index contributed by atoms with van der Waals surface area (Å²) in [6, 6.07) is -0.604. The van der Waals surface area contributed by atoms with Gasteiger partial charge in [-0.1, -0.05) is 0 Å². The molecule has 0 aromatic carbocycles. The maximum absolute atomic E-state index is 10.2. The Hall–Kier alpha value is -1.65. The highest BCUT2D eigenvalue weighted by molar-refractivity contribution is 5.71. The van der Waals surface area contributed by atoms with Gasteiger partial charge in [0, 0.05) is 12.4 Å². The van der Waals surface area contributed by atoms with Crippen LogP contribution >= 0.6 is 0 Å². The number of carbonyl (C=O) groups excluding carboxylic acids is 1. The summed E-state index contributed by atoms with van der Waals surface area (Å²) in [7, 11) is 0. The van der Waals surface area contributed by atoms with E-state index in [-0.39, 0.29) is 0 Å². The number of hydrazine groups is 2. The number of hydrogen-bond acceptors (Lipinski definition) is 3. The van der Waals surface area contributed by atoms with Crippen LogP contribution in [-0.4, -0.2) is 11.1 Å². The van der Waals surface area contributed by atoms with Crippen molar-refractivity contribution in [3.05, 3.63) is 24.6 Å². The third kappa shape index (κ3) is 1.70. The second-order valence-corrected chi connectivity index (χ2v) is 1.68.